The summed E-state index contributed by atoms with van der Waals surface area (Å²) in [7, 11) is -3.75. The molecule has 0 aliphatic rings. The maximum absolute atomic E-state index is 11.8. The monoisotopic (exact) mass is 250 g/mol. The first-order valence-corrected chi connectivity index (χ1v) is 5.89. The number of hydrogen-bond donors (Lipinski definition) is 1. The highest BCUT2D eigenvalue weighted by atomic mass is 32.2. The predicted octanol–water partition coefficient (Wildman–Crippen LogP) is 0.742. The van der Waals surface area contributed by atoms with Crippen LogP contribution < -0.4 is 4.72 Å². The van der Waals surface area contributed by atoms with Gasteiger partial charge in [-0.25, -0.2) is 13.4 Å². The Bertz CT molecular complexity index is 641. The summed E-state index contributed by atoms with van der Waals surface area (Å²) in [6.07, 6.45) is 2.34. The number of nitriles is 1. The summed E-state index contributed by atoms with van der Waals surface area (Å²) in [4.78, 5) is 3.61. The van der Waals surface area contributed by atoms with E-state index in [9.17, 15) is 8.42 Å². The Balaban J connectivity index is 2.29. The zero-order valence-corrected chi connectivity index (χ0v) is 9.18. The average molecular weight is 250 g/mol. The molecule has 0 bridgehead atoms. The van der Waals surface area contributed by atoms with Gasteiger partial charge in [0.05, 0.1) is 0 Å². The molecule has 0 unspecified atom stereocenters. The first kappa shape index (κ1) is 11.1. The Morgan fingerprint density at radius 2 is 2.18 bits per heavy atom. The normalized spacial score (nSPS) is 10.8. The van der Waals surface area contributed by atoms with Crippen molar-refractivity contribution in [1.29, 1.82) is 5.26 Å². The van der Waals surface area contributed by atoms with Crippen molar-refractivity contribution < 1.29 is 12.9 Å². The fourth-order valence-electron chi connectivity index (χ4n) is 1.07. The second kappa shape index (κ2) is 4.23. The number of pyridine rings is 1. The molecule has 0 fully saturated rings. The lowest BCUT2D eigenvalue weighted by Crippen LogP contribution is -2.13. The maximum atomic E-state index is 11.8. The summed E-state index contributed by atoms with van der Waals surface area (Å²) in [5, 5.41) is 12.0. The minimum absolute atomic E-state index is 0.0560. The highest BCUT2D eigenvalue weighted by Crippen LogP contribution is 2.13. The molecule has 2 aromatic rings. The van der Waals surface area contributed by atoms with Gasteiger partial charge in [0.2, 0.25) is 0 Å². The van der Waals surface area contributed by atoms with Crippen molar-refractivity contribution in [2.45, 2.75) is 4.90 Å². The third kappa shape index (κ3) is 2.40. The molecule has 8 heteroatoms. The van der Waals surface area contributed by atoms with Crippen LogP contribution in [0.5, 0.6) is 0 Å². The Morgan fingerprint density at radius 1 is 1.35 bits per heavy atom. The van der Waals surface area contributed by atoms with E-state index in [2.05, 4.69) is 19.4 Å². The van der Waals surface area contributed by atoms with Gasteiger partial charge in [0, 0.05) is 12.3 Å². The molecular formula is C9H6N4O3S. The quantitative estimate of drug-likeness (QED) is 0.860. The smallest absolute Gasteiger partial charge is 0.264 e. The molecule has 0 saturated heterocycles. The predicted molar refractivity (Wildman–Crippen MR) is 56.3 cm³/mol. The highest BCUT2D eigenvalue weighted by molar-refractivity contribution is 7.92. The molecule has 2 aromatic heterocycles. The molecule has 0 spiro atoms. The van der Waals surface area contributed by atoms with Crippen molar-refractivity contribution in [2.24, 2.45) is 0 Å². The van der Waals surface area contributed by atoms with Crippen molar-refractivity contribution in [2.75, 3.05) is 4.72 Å². The maximum Gasteiger partial charge on any atom is 0.264 e. The molecule has 0 saturated carbocycles. The lowest BCUT2D eigenvalue weighted by molar-refractivity contribution is 0.423. The van der Waals surface area contributed by atoms with Crippen LogP contribution in [0.1, 0.15) is 5.69 Å². The topological polar surface area (TPSA) is 109 Å². The van der Waals surface area contributed by atoms with Crippen LogP contribution in [0.15, 0.2) is 40.1 Å². The van der Waals surface area contributed by atoms with Crippen LogP contribution in [0.3, 0.4) is 0 Å². The van der Waals surface area contributed by atoms with E-state index in [0.29, 0.717) is 0 Å². The fourth-order valence-corrected chi connectivity index (χ4v) is 2.00. The van der Waals surface area contributed by atoms with Crippen LogP contribution in [-0.4, -0.2) is 18.6 Å². The van der Waals surface area contributed by atoms with E-state index in [1.807, 2.05) is 0 Å². The van der Waals surface area contributed by atoms with E-state index in [-0.39, 0.29) is 16.4 Å². The Labute approximate surface area is 96.7 Å². The van der Waals surface area contributed by atoms with E-state index >= 15 is 0 Å². The molecule has 0 radical (unpaired) electrons. The summed E-state index contributed by atoms with van der Waals surface area (Å²) >= 11 is 0. The largest absolute Gasteiger partial charge is 0.363 e. The second-order valence-corrected chi connectivity index (χ2v) is 4.66. The summed E-state index contributed by atoms with van der Waals surface area (Å²) in [5.41, 5.74) is 0.144. The van der Waals surface area contributed by atoms with Gasteiger partial charge in [-0.1, -0.05) is 5.16 Å². The molecule has 0 aliphatic carbocycles. The van der Waals surface area contributed by atoms with Gasteiger partial charge in [0.25, 0.3) is 10.0 Å². The number of nitrogens with zero attached hydrogens (tertiary/aromatic N) is 3. The van der Waals surface area contributed by atoms with Crippen molar-refractivity contribution in [3.8, 4) is 6.07 Å². The summed E-state index contributed by atoms with van der Waals surface area (Å²) in [6.45, 7) is 0. The van der Waals surface area contributed by atoms with Gasteiger partial charge in [-0.05, 0) is 12.1 Å². The van der Waals surface area contributed by atoms with E-state index in [1.165, 1.54) is 24.5 Å². The van der Waals surface area contributed by atoms with Gasteiger partial charge in [-0.15, -0.1) is 0 Å². The van der Waals surface area contributed by atoms with Crippen LogP contribution in [0.25, 0.3) is 0 Å². The van der Waals surface area contributed by atoms with Crippen molar-refractivity contribution in [3.63, 3.8) is 0 Å². The van der Waals surface area contributed by atoms with Crippen LogP contribution in [-0.2, 0) is 10.0 Å². The lowest BCUT2D eigenvalue weighted by atomic mass is 10.4. The summed E-state index contributed by atoms with van der Waals surface area (Å²) < 4.78 is 30.3. The number of nitrogens with one attached hydrogen (secondary N) is 1. The van der Waals surface area contributed by atoms with E-state index in [1.54, 1.807) is 6.07 Å². The van der Waals surface area contributed by atoms with Gasteiger partial charge in [0.1, 0.15) is 22.9 Å². The molecule has 2 heterocycles. The minimum atomic E-state index is -3.75. The van der Waals surface area contributed by atoms with Crippen LogP contribution >= 0.6 is 0 Å². The van der Waals surface area contributed by atoms with Crippen molar-refractivity contribution >= 4 is 15.8 Å². The van der Waals surface area contributed by atoms with Crippen LogP contribution in [0.4, 0.5) is 5.82 Å². The van der Waals surface area contributed by atoms with Gasteiger partial charge < -0.3 is 4.52 Å². The van der Waals surface area contributed by atoms with Crippen molar-refractivity contribution in [3.05, 3.63) is 36.4 Å². The van der Waals surface area contributed by atoms with Crippen molar-refractivity contribution in [1.82, 2.24) is 10.1 Å². The minimum Gasteiger partial charge on any atom is -0.363 e. The number of aromatic nitrogens is 2. The fraction of sp³-hybridized carbons (Fsp3) is 0. The van der Waals surface area contributed by atoms with E-state index < -0.39 is 10.0 Å². The van der Waals surface area contributed by atoms with E-state index in [0.717, 1.165) is 6.20 Å². The highest BCUT2D eigenvalue weighted by Gasteiger charge is 2.15. The number of sulfonamides is 1. The molecule has 0 aliphatic heterocycles. The first-order chi connectivity index (χ1) is 8.12. The van der Waals surface area contributed by atoms with Gasteiger partial charge in [-0.3, -0.25) is 4.72 Å². The van der Waals surface area contributed by atoms with Gasteiger partial charge in [-0.2, -0.15) is 5.26 Å². The Kier molecular flexibility index (Phi) is 2.76. The zero-order chi connectivity index (χ0) is 12.3. The third-order valence-electron chi connectivity index (χ3n) is 1.84. The Hall–Kier alpha value is -2.40. The summed E-state index contributed by atoms with van der Waals surface area (Å²) in [5.74, 6) is 0.0781. The van der Waals surface area contributed by atoms with Gasteiger partial charge >= 0.3 is 0 Å². The molecule has 0 aromatic carbocycles. The molecule has 1 N–H and O–H groups in total. The SMILES string of the molecule is N#Cc1ccc(S(=O)(=O)Nc2ccon2)cn1. The van der Waals surface area contributed by atoms with Crippen LogP contribution in [0.2, 0.25) is 0 Å². The standard InChI is InChI=1S/C9H6N4O3S/c10-5-7-1-2-8(6-11-7)17(14,15)13-9-3-4-16-12-9/h1-4,6H,(H,12,13). The molecular weight excluding hydrogens is 244 g/mol. The molecule has 7 nitrogen and oxygen atoms in total. The van der Waals surface area contributed by atoms with Gasteiger partial charge in [0.15, 0.2) is 5.82 Å². The molecule has 17 heavy (non-hydrogen) atoms. The zero-order valence-electron chi connectivity index (χ0n) is 8.36. The second-order valence-electron chi connectivity index (χ2n) is 2.98. The molecule has 0 amide bonds. The molecule has 86 valence electrons. The molecule has 2 rings (SSSR count). The summed E-state index contributed by atoms with van der Waals surface area (Å²) in [6, 6.07) is 5.77. The number of hydrogen-bond acceptors (Lipinski definition) is 6. The van der Waals surface area contributed by atoms with E-state index in [4.69, 9.17) is 5.26 Å². The number of rotatable bonds is 3. The average Bonchev–Trinajstić information content (AvgIpc) is 2.81. The van der Waals surface area contributed by atoms with Crippen LogP contribution in [0, 0.1) is 11.3 Å². The Morgan fingerprint density at radius 3 is 2.71 bits per heavy atom. The number of anilines is 1. The molecule has 0 atom stereocenters. The lowest BCUT2D eigenvalue weighted by Gasteiger charge is -2.03. The first-order valence-electron chi connectivity index (χ1n) is 4.41. The third-order valence-corrected chi connectivity index (χ3v) is 3.18.